The molecule has 0 radical (unpaired) electrons. The lowest BCUT2D eigenvalue weighted by Gasteiger charge is -2.08. The van der Waals surface area contributed by atoms with Gasteiger partial charge in [0, 0.05) is 0 Å². The molecule has 108 valence electrons. The lowest BCUT2D eigenvalue weighted by Crippen LogP contribution is -2.01. The molecule has 0 spiro atoms. The van der Waals surface area contributed by atoms with Crippen molar-refractivity contribution in [1.82, 2.24) is 0 Å². The van der Waals surface area contributed by atoms with Crippen LogP contribution in [0.25, 0.3) is 11.6 Å². The topological polar surface area (TPSA) is 37.3 Å². The van der Waals surface area contributed by atoms with E-state index < -0.39 is 5.97 Å². The van der Waals surface area contributed by atoms with Crippen molar-refractivity contribution in [3.63, 3.8) is 0 Å². The molecule has 0 atom stereocenters. The molecular weight excluding hydrogens is 260 g/mol. The fourth-order valence-corrected chi connectivity index (χ4v) is 2.27. The first kappa shape index (κ1) is 15.0. The molecule has 0 aromatic heterocycles. The second kappa shape index (κ2) is 6.40. The molecule has 21 heavy (non-hydrogen) atoms. The summed E-state index contributed by atoms with van der Waals surface area (Å²) >= 11 is 0. The molecule has 2 aromatic rings. The first-order valence-corrected chi connectivity index (χ1v) is 7.10. The highest BCUT2D eigenvalue weighted by Crippen LogP contribution is 2.23. The molecule has 0 heterocycles. The van der Waals surface area contributed by atoms with Gasteiger partial charge in [-0.25, -0.2) is 4.79 Å². The highest BCUT2D eigenvalue weighted by molar-refractivity contribution is 6.21. The summed E-state index contributed by atoms with van der Waals surface area (Å²) in [4.78, 5) is 11.6. The van der Waals surface area contributed by atoms with E-state index in [-0.39, 0.29) is 0 Å². The van der Waals surface area contributed by atoms with Gasteiger partial charge in [0.2, 0.25) is 0 Å². The van der Waals surface area contributed by atoms with Crippen LogP contribution < -0.4 is 0 Å². The zero-order valence-electron chi connectivity index (χ0n) is 12.6. The van der Waals surface area contributed by atoms with Crippen molar-refractivity contribution in [2.24, 2.45) is 0 Å². The van der Waals surface area contributed by atoms with Crippen LogP contribution >= 0.6 is 0 Å². The fraction of sp³-hybridized carbons (Fsp3) is 0.211. The van der Waals surface area contributed by atoms with Crippen LogP contribution in [0.5, 0.6) is 0 Å². The monoisotopic (exact) mass is 280 g/mol. The van der Waals surface area contributed by atoms with Crippen LogP contribution in [-0.2, 0) is 4.79 Å². The predicted molar refractivity (Wildman–Crippen MR) is 87.2 cm³/mol. The summed E-state index contributed by atoms with van der Waals surface area (Å²) in [6, 6.07) is 15.6. The SMILES string of the molecule is Cc1ccccc1/C(=C\c1ccc(C(C)C)cc1)C(=O)O. The standard InChI is InChI=1S/C19H20O2/c1-13(2)16-10-8-15(9-11-16)12-18(19(20)21)17-7-5-4-6-14(17)3/h4-13H,1-3H3,(H,20,21)/b18-12+. The van der Waals surface area contributed by atoms with Crippen LogP contribution in [0.1, 0.15) is 42.0 Å². The molecule has 0 fully saturated rings. The Kier molecular flexibility index (Phi) is 4.59. The Morgan fingerprint density at radius 2 is 1.67 bits per heavy atom. The molecule has 0 bridgehead atoms. The average Bonchev–Trinajstić information content (AvgIpc) is 2.46. The van der Waals surface area contributed by atoms with E-state index in [1.54, 1.807) is 6.08 Å². The normalized spacial score (nSPS) is 11.7. The van der Waals surface area contributed by atoms with Gasteiger partial charge in [-0.1, -0.05) is 62.4 Å². The summed E-state index contributed by atoms with van der Waals surface area (Å²) in [5, 5.41) is 9.49. The predicted octanol–water partition coefficient (Wildman–Crippen LogP) is 4.74. The number of benzene rings is 2. The number of carbonyl (C=O) groups is 1. The van der Waals surface area contributed by atoms with Crippen molar-refractivity contribution >= 4 is 17.6 Å². The Morgan fingerprint density at radius 1 is 1.05 bits per heavy atom. The molecule has 0 amide bonds. The molecule has 2 rings (SSSR count). The van der Waals surface area contributed by atoms with Crippen molar-refractivity contribution in [3.8, 4) is 0 Å². The van der Waals surface area contributed by atoms with Crippen molar-refractivity contribution < 1.29 is 9.90 Å². The second-order valence-electron chi connectivity index (χ2n) is 5.50. The van der Waals surface area contributed by atoms with Crippen molar-refractivity contribution in [2.75, 3.05) is 0 Å². The Balaban J connectivity index is 2.43. The largest absolute Gasteiger partial charge is 0.478 e. The van der Waals surface area contributed by atoms with Crippen LogP contribution in [0.3, 0.4) is 0 Å². The van der Waals surface area contributed by atoms with Crippen LogP contribution in [0, 0.1) is 6.92 Å². The fourth-order valence-electron chi connectivity index (χ4n) is 2.27. The highest BCUT2D eigenvalue weighted by atomic mass is 16.4. The van der Waals surface area contributed by atoms with Crippen LogP contribution in [0.4, 0.5) is 0 Å². The number of carboxylic acid groups (broad SMARTS) is 1. The maximum atomic E-state index is 11.6. The van der Waals surface area contributed by atoms with Gasteiger partial charge in [-0.3, -0.25) is 0 Å². The van der Waals surface area contributed by atoms with Gasteiger partial charge in [0.15, 0.2) is 0 Å². The minimum absolute atomic E-state index is 0.324. The van der Waals surface area contributed by atoms with Gasteiger partial charge in [-0.15, -0.1) is 0 Å². The first-order chi connectivity index (χ1) is 9.99. The maximum absolute atomic E-state index is 11.6. The smallest absolute Gasteiger partial charge is 0.336 e. The van der Waals surface area contributed by atoms with E-state index in [1.807, 2.05) is 55.5 Å². The first-order valence-electron chi connectivity index (χ1n) is 7.10. The van der Waals surface area contributed by atoms with Crippen LogP contribution in [-0.4, -0.2) is 11.1 Å². The Bertz CT molecular complexity index is 664. The Labute approximate surface area is 125 Å². The number of aliphatic carboxylic acids is 1. The Hall–Kier alpha value is -2.35. The van der Waals surface area contributed by atoms with Gasteiger partial charge in [-0.05, 0) is 41.2 Å². The van der Waals surface area contributed by atoms with Crippen molar-refractivity contribution in [2.45, 2.75) is 26.7 Å². The minimum atomic E-state index is -0.905. The molecule has 2 heteroatoms. The number of hydrogen-bond donors (Lipinski definition) is 1. The van der Waals surface area contributed by atoms with Crippen molar-refractivity contribution in [1.29, 1.82) is 0 Å². The quantitative estimate of drug-likeness (QED) is 0.648. The molecule has 0 unspecified atom stereocenters. The molecule has 1 N–H and O–H groups in total. The van der Waals surface area contributed by atoms with E-state index in [4.69, 9.17) is 0 Å². The summed E-state index contributed by atoms with van der Waals surface area (Å²) in [5.41, 5.74) is 4.20. The van der Waals surface area contributed by atoms with Gasteiger partial charge in [0.25, 0.3) is 0 Å². The van der Waals surface area contributed by atoms with Gasteiger partial charge >= 0.3 is 5.97 Å². The number of hydrogen-bond acceptors (Lipinski definition) is 1. The summed E-state index contributed by atoms with van der Waals surface area (Å²) in [6.45, 7) is 6.20. The van der Waals surface area contributed by atoms with E-state index >= 15 is 0 Å². The zero-order chi connectivity index (χ0) is 15.4. The third-order valence-corrected chi connectivity index (χ3v) is 3.58. The van der Waals surface area contributed by atoms with E-state index in [9.17, 15) is 9.90 Å². The Morgan fingerprint density at radius 3 is 2.19 bits per heavy atom. The number of carboxylic acids is 1. The zero-order valence-corrected chi connectivity index (χ0v) is 12.6. The molecule has 0 aliphatic carbocycles. The molecule has 2 nitrogen and oxygen atoms in total. The van der Waals surface area contributed by atoms with Gasteiger partial charge in [-0.2, -0.15) is 0 Å². The van der Waals surface area contributed by atoms with Gasteiger partial charge in [0.1, 0.15) is 0 Å². The molecule has 0 aliphatic heterocycles. The van der Waals surface area contributed by atoms with E-state index in [2.05, 4.69) is 13.8 Å². The molecular formula is C19H20O2. The van der Waals surface area contributed by atoms with E-state index in [0.29, 0.717) is 11.5 Å². The molecule has 0 saturated carbocycles. The third kappa shape index (κ3) is 3.60. The van der Waals surface area contributed by atoms with E-state index in [0.717, 1.165) is 16.7 Å². The highest BCUT2D eigenvalue weighted by Gasteiger charge is 2.12. The number of rotatable bonds is 4. The lowest BCUT2D eigenvalue weighted by molar-refractivity contribution is -0.130. The summed E-state index contributed by atoms with van der Waals surface area (Å²) in [6.07, 6.45) is 1.73. The third-order valence-electron chi connectivity index (χ3n) is 3.58. The minimum Gasteiger partial charge on any atom is -0.478 e. The second-order valence-corrected chi connectivity index (χ2v) is 5.50. The van der Waals surface area contributed by atoms with Crippen LogP contribution in [0.2, 0.25) is 0 Å². The van der Waals surface area contributed by atoms with Crippen molar-refractivity contribution in [3.05, 3.63) is 70.8 Å². The molecule has 0 saturated heterocycles. The van der Waals surface area contributed by atoms with Crippen LogP contribution in [0.15, 0.2) is 48.5 Å². The summed E-state index contributed by atoms with van der Waals surface area (Å²) in [7, 11) is 0. The summed E-state index contributed by atoms with van der Waals surface area (Å²) < 4.78 is 0. The average molecular weight is 280 g/mol. The van der Waals surface area contributed by atoms with E-state index in [1.165, 1.54) is 5.56 Å². The maximum Gasteiger partial charge on any atom is 0.336 e. The summed E-state index contributed by atoms with van der Waals surface area (Å²) in [5.74, 6) is -0.435. The molecule has 2 aromatic carbocycles. The number of aryl methyl sites for hydroxylation is 1. The lowest BCUT2D eigenvalue weighted by atomic mass is 9.97. The molecule has 0 aliphatic rings. The van der Waals surface area contributed by atoms with Gasteiger partial charge in [0.05, 0.1) is 5.57 Å². The van der Waals surface area contributed by atoms with Gasteiger partial charge < -0.3 is 5.11 Å².